The summed E-state index contributed by atoms with van der Waals surface area (Å²) >= 11 is 4.47. The Morgan fingerprint density at radius 2 is 1.84 bits per heavy atom. The number of nitrogens with one attached hydrogen (secondary N) is 1. The van der Waals surface area contributed by atoms with E-state index in [0.29, 0.717) is 20.6 Å². The van der Waals surface area contributed by atoms with E-state index in [-0.39, 0.29) is 11.5 Å². The largest absolute Gasteiger partial charge is 0.322 e. The normalized spacial score (nSPS) is 16.1. The number of rotatable bonds is 4. The number of thiophene rings is 2. The molecule has 1 unspecified atom stereocenters. The molecule has 0 fully saturated rings. The number of fused-ring (bicyclic) bond motifs is 1. The third-order valence-electron chi connectivity index (χ3n) is 5.29. The average Bonchev–Trinajstić information content (AvgIpc) is 3.52. The van der Waals surface area contributed by atoms with Crippen molar-refractivity contribution in [2.75, 3.05) is 5.32 Å². The molecule has 4 aromatic rings. The lowest BCUT2D eigenvalue weighted by Gasteiger charge is -2.24. The fourth-order valence-electron chi connectivity index (χ4n) is 3.73. The molecule has 3 aromatic heterocycles. The first-order valence-corrected chi connectivity index (χ1v) is 12.6. The van der Waals surface area contributed by atoms with Crippen LogP contribution in [0.25, 0.3) is 6.08 Å². The minimum atomic E-state index is -0.513. The van der Waals surface area contributed by atoms with E-state index in [0.717, 1.165) is 21.0 Å². The lowest BCUT2D eigenvalue weighted by molar-refractivity contribution is -0.113. The van der Waals surface area contributed by atoms with Crippen LogP contribution < -0.4 is 20.2 Å². The summed E-state index contributed by atoms with van der Waals surface area (Å²) in [4.78, 5) is 34.2. The Kier molecular flexibility index (Phi) is 5.50. The Hall–Kier alpha value is -3.07. The van der Waals surface area contributed by atoms with Gasteiger partial charge in [-0.1, -0.05) is 41.7 Å². The highest BCUT2D eigenvalue weighted by molar-refractivity contribution is 7.11. The van der Waals surface area contributed by atoms with E-state index in [1.54, 1.807) is 15.9 Å². The van der Waals surface area contributed by atoms with Gasteiger partial charge in [0.1, 0.15) is 6.04 Å². The van der Waals surface area contributed by atoms with Crippen molar-refractivity contribution in [1.29, 1.82) is 0 Å². The van der Waals surface area contributed by atoms with Crippen molar-refractivity contribution in [1.82, 2.24) is 4.57 Å². The summed E-state index contributed by atoms with van der Waals surface area (Å²) in [5.41, 5.74) is 2.71. The number of hydrogen-bond donors (Lipinski definition) is 1. The van der Waals surface area contributed by atoms with Gasteiger partial charge in [0.2, 0.25) is 0 Å². The molecule has 8 heteroatoms. The molecule has 4 heterocycles. The lowest BCUT2D eigenvalue weighted by Crippen LogP contribution is -2.40. The smallest absolute Gasteiger partial charge is 0.271 e. The third-order valence-corrected chi connectivity index (χ3v) is 8.02. The maximum atomic E-state index is 13.5. The van der Waals surface area contributed by atoms with Crippen LogP contribution >= 0.6 is 34.0 Å². The number of benzene rings is 1. The summed E-state index contributed by atoms with van der Waals surface area (Å²) in [7, 11) is 0. The maximum Gasteiger partial charge on any atom is 0.271 e. The Morgan fingerprint density at radius 1 is 1.06 bits per heavy atom. The molecule has 1 aliphatic rings. The van der Waals surface area contributed by atoms with Gasteiger partial charge in [-0.15, -0.1) is 22.7 Å². The Balaban J connectivity index is 1.66. The summed E-state index contributed by atoms with van der Waals surface area (Å²) in [6.07, 6.45) is 1.90. The highest BCUT2D eigenvalue weighted by Crippen LogP contribution is 2.33. The topological polar surface area (TPSA) is 63.5 Å². The zero-order valence-electron chi connectivity index (χ0n) is 17.4. The molecule has 5 nitrogen and oxygen atoms in total. The summed E-state index contributed by atoms with van der Waals surface area (Å²) < 4.78 is 2.27. The molecule has 1 aliphatic heterocycles. The second-order valence-electron chi connectivity index (χ2n) is 7.38. The van der Waals surface area contributed by atoms with Gasteiger partial charge in [0.25, 0.3) is 11.5 Å². The Labute approximate surface area is 196 Å². The standard InChI is InChI=1S/C24H19N3O2S3/c1-14-7-3-4-9-17(14)26-22(28)20-15(2)25-24-27(21(20)18-10-6-12-31-18)23(29)19(32-24)13-16-8-5-11-30-16/h3-13,21H,1-2H3,(H,26,28)/b19-13-. The predicted molar refractivity (Wildman–Crippen MR) is 132 cm³/mol. The second-order valence-corrected chi connectivity index (χ2v) is 10.3. The molecule has 1 aromatic carbocycles. The maximum absolute atomic E-state index is 13.5. The summed E-state index contributed by atoms with van der Waals surface area (Å²) in [5.74, 6) is -0.244. The van der Waals surface area contributed by atoms with Crippen LogP contribution in [0.15, 0.2) is 80.3 Å². The van der Waals surface area contributed by atoms with E-state index in [1.165, 1.54) is 22.7 Å². The molecule has 0 saturated heterocycles. The lowest BCUT2D eigenvalue weighted by atomic mass is 10.0. The number of aryl methyl sites for hydroxylation is 1. The monoisotopic (exact) mass is 477 g/mol. The van der Waals surface area contributed by atoms with Crippen LogP contribution in [-0.4, -0.2) is 10.5 Å². The van der Waals surface area contributed by atoms with Crippen LogP contribution in [0, 0.1) is 6.92 Å². The molecule has 1 atom stereocenters. The average molecular weight is 478 g/mol. The number of carbonyl (C=O) groups excluding carboxylic acids is 1. The number of amides is 1. The van der Waals surface area contributed by atoms with Crippen molar-refractivity contribution in [3.05, 3.63) is 106 Å². The molecule has 0 spiro atoms. The van der Waals surface area contributed by atoms with Crippen molar-refractivity contribution in [3.63, 3.8) is 0 Å². The zero-order valence-corrected chi connectivity index (χ0v) is 19.8. The van der Waals surface area contributed by atoms with Crippen molar-refractivity contribution >= 4 is 51.7 Å². The number of nitrogens with zero attached hydrogens (tertiary/aromatic N) is 2. The van der Waals surface area contributed by atoms with Gasteiger partial charge in [-0.3, -0.25) is 14.2 Å². The molecule has 1 N–H and O–H groups in total. The molecule has 0 bridgehead atoms. The number of anilines is 1. The highest BCUT2D eigenvalue weighted by atomic mass is 32.1. The highest BCUT2D eigenvalue weighted by Gasteiger charge is 2.33. The molecule has 0 radical (unpaired) electrons. The second kappa shape index (κ2) is 8.46. The molecule has 160 valence electrons. The minimum absolute atomic E-state index is 0.130. The van der Waals surface area contributed by atoms with Gasteiger partial charge in [-0.05, 0) is 54.4 Å². The van der Waals surface area contributed by atoms with E-state index < -0.39 is 6.04 Å². The summed E-state index contributed by atoms with van der Waals surface area (Å²) in [6.45, 7) is 3.79. The zero-order chi connectivity index (χ0) is 22.2. The third kappa shape index (κ3) is 3.70. The molecule has 32 heavy (non-hydrogen) atoms. The van der Waals surface area contributed by atoms with Crippen LogP contribution in [0.2, 0.25) is 0 Å². The predicted octanol–water partition coefficient (Wildman–Crippen LogP) is 4.31. The van der Waals surface area contributed by atoms with Gasteiger partial charge in [-0.25, -0.2) is 4.99 Å². The van der Waals surface area contributed by atoms with Crippen LogP contribution in [0.3, 0.4) is 0 Å². The number of hydrogen-bond acceptors (Lipinski definition) is 6. The van der Waals surface area contributed by atoms with Crippen molar-refractivity contribution in [2.24, 2.45) is 4.99 Å². The van der Waals surface area contributed by atoms with E-state index in [1.807, 2.05) is 79.2 Å². The van der Waals surface area contributed by atoms with E-state index in [4.69, 9.17) is 0 Å². The molecule has 0 aliphatic carbocycles. The van der Waals surface area contributed by atoms with Crippen LogP contribution in [0.1, 0.15) is 28.3 Å². The van der Waals surface area contributed by atoms with Crippen molar-refractivity contribution < 1.29 is 4.79 Å². The van der Waals surface area contributed by atoms with Gasteiger partial charge in [0.15, 0.2) is 4.80 Å². The molecular weight excluding hydrogens is 458 g/mol. The van der Waals surface area contributed by atoms with Crippen molar-refractivity contribution in [2.45, 2.75) is 19.9 Å². The van der Waals surface area contributed by atoms with Gasteiger partial charge < -0.3 is 5.32 Å². The first kappa shape index (κ1) is 20.8. The molecule has 5 rings (SSSR count). The van der Waals surface area contributed by atoms with Gasteiger partial charge >= 0.3 is 0 Å². The first-order chi connectivity index (χ1) is 15.5. The summed E-state index contributed by atoms with van der Waals surface area (Å²) in [5, 5.41) is 6.97. The molecule has 0 saturated carbocycles. The number of para-hydroxylation sites is 1. The Bertz CT molecular complexity index is 1510. The van der Waals surface area contributed by atoms with Crippen LogP contribution in [0.5, 0.6) is 0 Å². The van der Waals surface area contributed by atoms with E-state index in [9.17, 15) is 9.59 Å². The fourth-order valence-corrected chi connectivity index (χ4v) is 6.33. The number of aromatic nitrogens is 1. The fraction of sp³-hybridized carbons (Fsp3) is 0.125. The number of carbonyl (C=O) groups is 1. The summed E-state index contributed by atoms with van der Waals surface area (Å²) in [6, 6.07) is 15.0. The van der Waals surface area contributed by atoms with Crippen LogP contribution in [-0.2, 0) is 4.79 Å². The van der Waals surface area contributed by atoms with Crippen LogP contribution in [0.4, 0.5) is 5.69 Å². The molecular formula is C24H19N3O2S3. The minimum Gasteiger partial charge on any atom is -0.322 e. The van der Waals surface area contributed by atoms with Gasteiger partial charge in [0.05, 0.1) is 15.8 Å². The number of allylic oxidation sites excluding steroid dienone is 1. The quantitative estimate of drug-likeness (QED) is 0.476. The first-order valence-electron chi connectivity index (χ1n) is 9.99. The van der Waals surface area contributed by atoms with Gasteiger partial charge in [-0.2, -0.15) is 0 Å². The van der Waals surface area contributed by atoms with E-state index >= 15 is 0 Å². The SMILES string of the molecule is CC1=C(C(=O)Nc2ccccc2C)C(c2cccs2)n2c(s/c(=C\c3cccs3)c2=O)=N1. The van der Waals surface area contributed by atoms with Gasteiger partial charge in [0, 0.05) is 15.4 Å². The molecule has 1 amide bonds. The van der Waals surface area contributed by atoms with E-state index in [2.05, 4.69) is 10.3 Å². The Morgan fingerprint density at radius 3 is 2.56 bits per heavy atom. The van der Waals surface area contributed by atoms with Crippen molar-refractivity contribution in [3.8, 4) is 0 Å². The number of thiazole rings is 1.